The number of nitrogens with zero attached hydrogens (tertiary/aromatic N) is 1. The van der Waals surface area contributed by atoms with Gasteiger partial charge in [-0.25, -0.2) is 13.1 Å². The highest BCUT2D eigenvalue weighted by Crippen LogP contribution is 2.35. The number of ether oxygens (including phenoxy) is 2. The van der Waals surface area contributed by atoms with Crippen LogP contribution in [-0.4, -0.2) is 40.1 Å². The number of rotatable bonds is 4. The van der Waals surface area contributed by atoms with Crippen molar-refractivity contribution in [3.05, 3.63) is 47.0 Å². The molecule has 8 heteroatoms. The molecule has 4 rings (SSSR count). The summed E-state index contributed by atoms with van der Waals surface area (Å²) < 4.78 is 39.8. The Hall–Kier alpha value is -2.58. The van der Waals surface area contributed by atoms with Crippen LogP contribution < -0.4 is 19.1 Å². The Morgan fingerprint density at radius 3 is 2.34 bits per heavy atom. The summed E-state index contributed by atoms with van der Waals surface area (Å²) in [4.78, 5) is 14.4. The van der Waals surface area contributed by atoms with Gasteiger partial charge in [0.15, 0.2) is 11.5 Å². The Morgan fingerprint density at radius 1 is 1.00 bits per heavy atom. The molecular formula is C21H24N2O5S. The number of hydrogen-bond donors (Lipinski definition) is 1. The highest BCUT2D eigenvalue weighted by atomic mass is 32.2. The van der Waals surface area contributed by atoms with Crippen LogP contribution in [0.15, 0.2) is 35.2 Å². The summed E-state index contributed by atoms with van der Waals surface area (Å²) in [6, 6.07) is 8.52. The normalized spacial score (nSPS) is 18.9. The quantitative estimate of drug-likeness (QED) is 0.828. The molecule has 0 spiro atoms. The highest BCUT2D eigenvalue weighted by Gasteiger charge is 2.35. The maximum Gasteiger partial charge on any atom is 0.241 e. The van der Waals surface area contributed by atoms with E-state index in [0.29, 0.717) is 41.5 Å². The molecule has 0 bridgehead atoms. The first-order valence-corrected chi connectivity index (χ1v) is 11.0. The van der Waals surface area contributed by atoms with Crippen LogP contribution in [0.2, 0.25) is 0 Å². The molecule has 1 saturated heterocycles. The van der Waals surface area contributed by atoms with Gasteiger partial charge in [-0.1, -0.05) is 17.7 Å². The number of nitrogens with one attached hydrogen (secondary N) is 1. The van der Waals surface area contributed by atoms with E-state index in [4.69, 9.17) is 9.47 Å². The van der Waals surface area contributed by atoms with E-state index in [1.54, 1.807) is 36.9 Å². The molecule has 1 unspecified atom stereocenters. The lowest BCUT2D eigenvalue weighted by molar-refractivity contribution is -0.117. The van der Waals surface area contributed by atoms with E-state index >= 15 is 0 Å². The van der Waals surface area contributed by atoms with Crippen LogP contribution in [-0.2, 0) is 14.8 Å². The molecule has 7 nitrogen and oxygen atoms in total. The van der Waals surface area contributed by atoms with Crippen LogP contribution in [0.1, 0.15) is 23.1 Å². The SMILES string of the molecule is Cc1cc(C)c(S(=O)(=O)NC2CC(=O)N(c3ccc4c(c3)OCCO4)C2)c(C)c1. The van der Waals surface area contributed by atoms with Crippen molar-refractivity contribution >= 4 is 21.6 Å². The third kappa shape index (κ3) is 3.82. The molecule has 2 aromatic carbocycles. The second-order valence-electron chi connectivity index (χ2n) is 7.58. The van der Waals surface area contributed by atoms with Crippen LogP contribution in [0.25, 0.3) is 0 Å². The first kappa shape index (κ1) is 19.7. The number of aryl methyl sites for hydroxylation is 3. The van der Waals surface area contributed by atoms with Gasteiger partial charge in [0.05, 0.1) is 4.90 Å². The van der Waals surface area contributed by atoms with Crippen molar-refractivity contribution < 1.29 is 22.7 Å². The van der Waals surface area contributed by atoms with Crippen molar-refractivity contribution in [3.8, 4) is 11.5 Å². The molecule has 0 aliphatic carbocycles. The fraction of sp³-hybridized carbons (Fsp3) is 0.381. The van der Waals surface area contributed by atoms with Gasteiger partial charge in [0.2, 0.25) is 15.9 Å². The summed E-state index contributed by atoms with van der Waals surface area (Å²) in [6.45, 7) is 6.73. The molecule has 1 amide bonds. The number of amides is 1. The molecule has 0 aromatic heterocycles. The molecule has 2 aliphatic rings. The van der Waals surface area contributed by atoms with Gasteiger partial charge >= 0.3 is 0 Å². The van der Waals surface area contributed by atoms with Gasteiger partial charge in [-0.2, -0.15) is 0 Å². The Labute approximate surface area is 170 Å². The Bertz CT molecular complexity index is 1060. The number of carbonyl (C=O) groups is 1. The third-order valence-corrected chi connectivity index (χ3v) is 6.98. The van der Waals surface area contributed by atoms with E-state index in [1.165, 1.54) is 0 Å². The lowest BCUT2D eigenvalue weighted by Gasteiger charge is -2.22. The zero-order chi connectivity index (χ0) is 20.8. The average Bonchev–Trinajstić information content (AvgIpc) is 2.99. The minimum atomic E-state index is -3.74. The molecule has 29 heavy (non-hydrogen) atoms. The molecule has 0 radical (unpaired) electrons. The topological polar surface area (TPSA) is 84.9 Å². The maximum absolute atomic E-state index is 13.0. The van der Waals surface area contributed by atoms with Crippen molar-refractivity contribution in [1.29, 1.82) is 0 Å². The largest absolute Gasteiger partial charge is 0.486 e. The molecule has 154 valence electrons. The molecule has 1 atom stereocenters. The van der Waals surface area contributed by atoms with Crippen LogP contribution >= 0.6 is 0 Å². The van der Waals surface area contributed by atoms with E-state index < -0.39 is 16.1 Å². The van der Waals surface area contributed by atoms with Crippen molar-refractivity contribution in [2.45, 2.75) is 38.1 Å². The third-order valence-electron chi connectivity index (χ3n) is 5.16. The molecule has 1 N–H and O–H groups in total. The first-order chi connectivity index (χ1) is 13.7. The predicted molar refractivity (Wildman–Crippen MR) is 109 cm³/mol. The van der Waals surface area contributed by atoms with Crippen LogP contribution in [0.3, 0.4) is 0 Å². The molecule has 2 aliphatic heterocycles. The Kier molecular flexibility index (Phi) is 5.00. The second-order valence-corrected chi connectivity index (χ2v) is 9.23. The molecule has 0 saturated carbocycles. The zero-order valence-corrected chi connectivity index (χ0v) is 17.5. The lowest BCUT2D eigenvalue weighted by Crippen LogP contribution is -2.37. The average molecular weight is 416 g/mol. The van der Waals surface area contributed by atoms with E-state index in [1.807, 2.05) is 19.1 Å². The molecule has 1 fully saturated rings. The van der Waals surface area contributed by atoms with E-state index in [-0.39, 0.29) is 23.8 Å². The number of fused-ring (bicyclic) bond motifs is 1. The Morgan fingerprint density at radius 2 is 1.66 bits per heavy atom. The number of hydrogen-bond acceptors (Lipinski definition) is 5. The van der Waals surface area contributed by atoms with Crippen molar-refractivity contribution in [2.75, 3.05) is 24.7 Å². The monoisotopic (exact) mass is 416 g/mol. The van der Waals surface area contributed by atoms with Crippen molar-refractivity contribution in [1.82, 2.24) is 4.72 Å². The van der Waals surface area contributed by atoms with Crippen LogP contribution in [0.5, 0.6) is 11.5 Å². The highest BCUT2D eigenvalue weighted by molar-refractivity contribution is 7.89. The summed E-state index contributed by atoms with van der Waals surface area (Å²) in [5.41, 5.74) is 3.08. The van der Waals surface area contributed by atoms with E-state index in [2.05, 4.69) is 4.72 Å². The number of carbonyl (C=O) groups excluding carboxylic acids is 1. The predicted octanol–water partition coefficient (Wildman–Crippen LogP) is 2.47. The van der Waals surface area contributed by atoms with Crippen LogP contribution in [0.4, 0.5) is 5.69 Å². The standard InChI is InChI=1S/C21H24N2O5S/c1-13-8-14(2)21(15(3)9-13)29(25,26)22-16-10-20(24)23(12-16)17-4-5-18-19(11-17)28-7-6-27-18/h4-5,8-9,11,16,22H,6-7,10,12H2,1-3H3. The fourth-order valence-electron chi connectivity index (χ4n) is 4.10. The van der Waals surface area contributed by atoms with Gasteiger partial charge in [0, 0.05) is 30.8 Å². The van der Waals surface area contributed by atoms with Gasteiger partial charge < -0.3 is 14.4 Å². The first-order valence-electron chi connectivity index (χ1n) is 9.55. The van der Waals surface area contributed by atoms with Crippen molar-refractivity contribution in [3.63, 3.8) is 0 Å². The van der Waals surface area contributed by atoms with Gasteiger partial charge in [-0.15, -0.1) is 0 Å². The lowest BCUT2D eigenvalue weighted by atomic mass is 10.1. The number of benzene rings is 2. The minimum Gasteiger partial charge on any atom is -0.486 e. The Balaban J connectivity index is 1.54. The van der Waals surface area contributed by atoms with Gasteiger partial charge in [0.25, 0.3) is 0 Å². The summed E-state index contributed by atoms with van der Waals surface area (Å²) in [6.07, 6.45) is 0.109. The van der Waals surface area contributed by atoms with Crippen LogP contribution in [0, 0.1) is 20.8 Å². The van der Waals surface area contributed by atoms with Gasteiger partial charge in [-0.3, -0.25) is 4.79 Å². The molecule has 2 aromatic rings. The van der Waals surface area contributed by atoms with Gasteiger partial charge in [0.1, 0.15) is 13.2 Å². The smallest absolute Gasteiger partial charge is 0.241 e. The molecule has 2 heterocycles. The van der Waals surface area contributed by atoms with Gasteiger partial charge in [-0.05, 0) is 44.0 Å². The number of anilines is 1. The minimum absolute atomic E-state index is 0.109. The summed E-state index contributed by atoms with van der Waals surface area (Å²) in [5, 5.41) is 0. The van der Waals surface area contributed by atoms with Crippen molar-refractivity contribution in [2.24, 2.45) is 0 Å². The maximum atomic E-state index is 13.0. The van der Waals surface area contributed by atoms with E-state index in [0.717, 1.165) is 5.56 Å². The zero-order valence-electron chi connectivity index (χ0n) is 16.7. The van der Waals surface area contributed by atoms with E-state index in [9.17, 15) is 13.2 Å². The summed E-state index contributed by atoms with van der Waals surface area (Å²) in [5.74, 6) is 1.11. The number of sulfonamides is 1. The second kappa shape index (κ2) is 7.35. The fourth-order valence-corrected chi connectivity index (χ4v) is 5.79. The summed E-state index contributed by atoms with van der Waals surface area (Å²) >= 11 is 0. The molecular weight excluding hydrogens is 392 g/mol. The summed E-state index contributed by atoms with van der Waals surface area (Å²) in [7, 11) is -3.74.